The van der Waals surface area contributed by atoms with Crippen LogP contribution in [0, 0.1) is 12.8 Å². The van der Waals surface area contributed by atoms with Gasteiger partial charge in [0.05, 0.1) is 0 Å². The van der Waals surface area contributed by atoms with Crippen LogP contribution in [-0.4, -0.2) is 42.2 Å². The number of aliphatic carboxylic acids is 1. The Bertz CT molecular complexity index is 542. The quantitative estimate of drug-likeness (QED) is 0.817. The van der Waals surface area contributed by atoms with Crippen LogP contribution in [0.4, 0.5) is 0 Å². The van der Waals surface area contributed by atoms with E-state index >= 15 is 0 Å². The molecule has 1 fully saturated rings. The number of carboxylic acid groups (broad SMARTS) is 1. The Kier molecular flexibility index (Phi) is 7.10. The molecule has 24 heavy (non-hydrogen) atoms. The monoisotopic (exact) mass is 333 g/mol. The van der Waals surface area contributed by atoms with Crippen LogP contribution >= 0.6 is 0 Å². The Morgan fingerprint density at radius 3 is 2.79 bits per heavy atom. The second-order valence-electron chi connectivity index (χ2n) is 7.26. The first-order valence-corrected chi connectivity index (χ1v) is 9.13. The highest BCUT2D eigenvalue weighted by Gasteiger charge is 2.19. The van der Waals surface area contributed by atoms with Crippen molar-refractivity contribution >= 4 is 5.97 Å². The molecular formula is C20H31NO3. The minimum absolute atomic E-state index is 0.311. The molecule has 1 N–H and O–H groups in total. The van der Waals surface area contributed by atoms with Gasteiger partial charge in [-0.05, 0) is 74.4 Å². The van der Waals surface area contributed by atoms with Gasteiger partial charge in [0.1, 0.15) is 12.4 Å². The van der Waals surface area contributed by atoms with Crippen LogP contribution in [-0.2, 0) is 4.79 Å². The number of aryl methyl sites for hydroxylation is 1. The Hall–Kier alpha value is -1.55. The summed E-state index contributed by atoms with van der Waals surface area (Å²) >= 11 is 0. The number of carboxylic acids is 1. The van der Waals surface area contributed by atoms with Crippen LogP contribution in [0.25, 0.3) is 0 Å². The van der Waals surface area contributed by atoms with Crippen molar-refractivity contribution in [3.8, 4) is 5.75 Å². The molecule has 1 saturated heterocycles. The molecule has 0 aliphatic carbocycles. The average Bonchev–Trinajstić information content (AvgIpc) is 2.72. The molecule has 4 heteroatoms. The molecule has 134 valence electrons. The second kappa shape index (κ2) is 9.07. The summed E-state index contributed by atoms with van der Waals surface area (Å²) in [6, 6.07) is 6.35. The van der Waals surface area contributed by atoms with Gasteiger partial charge in [0.15, 0.2) is 0 Å². The first-order chi connectivity index (χ1) is 11.5. The minimum atomic E-state index is -0.669. The van der Waals surface area contributed by atoms with Crippen molar-refractivity contribution in [2.24, 2.45) is 5.92 Å². The van der Waals surface area contributed by atoms with Crippen molar-refractivity contribution in [3.05, 3.63) is 29.3 Å². The highest BCUT2D eigenvalue weighted by molar-refractivity contribution is 5.67. The summed E-state index contributed by atoms with van der Waals surface area (Å²) in [5, 5.41) is 8.93. The van der Waals surface area contributed by atoms with Gasteiger partial charge in [0.25, 0.3) is 0 Å². The fourth-order valence-corrected chi connectivity index (χ4v) is 3.58. The lowest BCUT2D eigenvalue weighted by Gasteiger charge is -2.20. The number of ether oxygens (including phenoxy) is 1. The summed E-state index contributed by atoms with van der Waals surface area (Å²) in [4.78, 5) is 13.3. The zero-order valence-electron chi connectivity index (χ0n) is 15.3. The number of nitrogens with zero attached hydrogens (tertiary/aromatic N) is 1. The van der Waals surface area contributed by atoms with Crippen molar-refractivity contribution in [1.82, 2.24) is 4.90 Å². The summed E-state index contributed by atoms with van der Waals surface area (Å²) in [6.07, 6.45) is 3.40. The lowest BCUT2D eigenvalue weighted by Crippen LogP contribution is -2.29. The molecule has 1 aromatic rings. The van der Waals surface area contributed by atoms with E-state index in [9.17, 15) is 4.79 Å². The predicted molar refractivity (Wildman–Crippen MR) is 96.8 cm³/mol. The summed E-state index contributed by atoms with van der Waals surface area (Å²) in [5.74, 6) is 1.14. The van der Waals surface area contributed by atoms with Gasteiger partial charge in [0.2, 0.25) is 0 Å². The lowest BCUT2D eigenvalue weighted by atomic mass is 9.97. The van der Waals surface area contributed by atoms with E-state index in [4.69, 9.17) is 9.84 Å². The standard InChI is InChI=1S/C20H31NO3/c1-15(2)19-7-6-18(13-16(19)3)24-12-11-21-9-4-5-17(8-10-21)14-20(22)23/h6-7,13,15,17H,4-5,8-12,14H2,1-3H3,(H,22,23)/t17-/m1/s1. The molecule has 0 aromatic heterocycles. The number of rotatable bonds is 7. The van der Waals surface area contributed by atoms with Gasteiger partial charge in [0, 0.05) is 13.0 Å². The van der Waals surface area contributed by atoms with Crippen LogP contribution in [0.5, 0.6) is 5.75 Å². The second-order valence-corrected chi connectivity index (χ2v) is 7.26. The smallest absolute Gasteiger partial charge is 0.303 e. The summed E-state index contributed by atoms with van der Waals surface area (Å²) in [6.45, 7) is 10.2. The molecule has 0 saturated carbocycles. The van der Waals surface area contributed by atoms with Crippen molar-refractivity contribution in [2.45, 2.75) is 52.4 Å². The van der Waals surface area contributed by atoms with E-state index in [1.807, 2.05) is 0 Å². The van der Waals surface area contributed by atoms with Gasteiger partial charge in [-0.3, -0.25) is 9.69 Å². The van der Waals surface area contributed by atoms with Gasteiger partial charge in [-0.2, -0.15) is 0 Å². The highest BCUT2D eigenvalue weighted by atomic mass is 16.5. The van der Waals surface area contributed by atoms with Crippen molar-refractivity contribution < 1.29 is 14.6 Å². The number of hydrogen-bond acceptors (Lipinski definition) is 3. The average molecular weight is 333 g/mol. The summed E-state index contributed by atoms with van der Waals surface area (Å²) in [7, 11) is 0. The van der Waals surface area contributed by atoms with Gasteiger partial charge in [-0.1, -0.05) is 19.9 Å². The van der Waals surface area contributed by atoms with E-state index in [0.717, 1.165) is 44.6 Å². The Labute approximate surface area is 145 Å². The first-order valence-electron chi connectivity index (χ1n) is 9.13. The molecule has 1 aromatic carbocycles. The fourth-order valence-electron chi connectivity index (χ4n) is 3.58. The predicted octanol–water partition coefficient (Wildman–Crippen LogP) is 4.07. The number of benzene rings is 1. The first kappa shape index (κ1) is 18.8. The Morgan fingerprint density at radius 1 is 1.33 bits per heavy atom. The van der Waals surface area contributed by atoms with Gasteiger partial charge >= 0.3 is 5.97 Å². The van der Waals surface area contributed by atoms with Crippen molar-refractivity contribution in [2.75, 3.05) is 26.2 Å². The molecule has 0 bridgehead atoms. The molecule has 0 unspecified atom stereocenters. The van der Waals surface area contributed by atoms with E-state index < -0.39 is 5.97 Å². The van der Waals surface area contributed by atoms with Crippen LogP contribution in [0.2, 0.25) is 0 Å². The molecule has 1 atom stereocenters. The molecule has 1 aliphatic heterocycles. The maximum absolute atomic E-state index is 10.9. The number of hydrogen-bond donors (Lipinski definition) is 1. The van der Waals surface area contributed by atoms with Crippen molar-refractivity contribution in [1.29, 1.82) is 0 Å². The molecule has 0 spiro atoms. The summed E-state index contributed by atoms with van der Waals surface area (Å²) < 4.78 is 5.92. The third-order valence-electron chi connectivity index (χ3n) is 4.94. The maximum atomic E-state index is 10.9. The highest BCUT2D eigenvalue weighted by Crippen LogP contribution is 2.24. The van der Waals surface area contributed by atoms with Gasteiger partial charge in [-0.15, -0.1) is 0 Å². The van der Waals surface area contributed by atoms with E-state index in [-0.39, 0.29) is 0 Å². The van der Waals surface area contributed by atoms with Gasteiger partial charge < -0.3 is 9.84 Å². The summed E-state index contributed by atoms with van der Waals surface area (Å²) in [5.41, 5.74) is 2.66. The molecular weight excluding hydrogens is 302 g/mol. The van der Waals surface area contributed by atoms with Crippen LogP contribution in [0.1, 0.15) is 56.6 Å². The maximum Gasteiger partial charge on any atom is 0.303 e. The Balaban J connectivity index is 1.76. The lowest BCUT2D eigenvalue weighted by molar-refractivity contribution is -0.138. The van der Waals surface area contributed by atoms with E-state index in [1.54, 1.807) is 0 Å². The number of carbonyl (C=O) groups is 1. The zero-order valence-corrected chi connectivity index (χ0v) is 15.3. The van der Waals surface area contributed by atoms with E-state index in [2.05, 4.69) is 43.9 Å². The van der Waals surface area contributed by atoms with Crippen molar-refractivity contribution in [3.63, 3.8) is 0 Å². The molecule has 0 radical (unpaired) electrons. The zero-order chi connectivity index (χ0) is 17.5. The molecule has 1 heterocycles. The number of likely N-dealkylation sites (tertiary alicyclic amines) is 1. The SMILES string of the molecule is Cc1cc(OCCN2CCC[C@@H](CC(=O)O)CC2)ccc1C(C)C. The fraction of sp³-hybridized carbons (Fsp3) is 0.650. The van der Waals surface area contributed by atoms with Crippen LogP contribution in [0.15, 0.2) is 18.2 Å². The van der Waals surface area contributed by atoms with E-state index in [1.165, 1.54) is 11.1 Å². The third kappa shape index (κ3) is 5.82. The third-order valence-corrected chi connectivity index (χ3v) is 4.94. The molecule has 4 nitrogen and oxygen atoms in total. The van der Waals surface area contributed by atoms with Crippen LogP contribution < -0.4 is 4.74 Å². The van der Waals surface area contributed by atoms with Crippen LogP contribution in [0.3, 0.4) is 0 Å². The normalized spacial score (nSPS) is 19.2. The largest absolute Gasteiger partial charge is 0.492 e. The minimum Gasteiger partial charge on any atom is -0.492 e. The van der Waals surface area contributed by atoms with E-state index in [0.29, 0.717) is 24.9 Å². The Morgan fingerprint density at radius 2 is 2.12 bits per heavy atom. The topological polar surface area (TPSA) is 49.8 Å². The molecule has 0 amide bonds. The molecule has 2 rings (SSSR count). The molecule has 1 aliphatic rings. The van der Waals surface area contributed by atoms with Gasteiger partial charge in [-0.25, -0.2) is 0 Å².